The van der Waals surface area contributed by atoms with Gasteiger partial charge in [0.2, 0.25) is 0 Å². The molecule has 2 N–H and O–H groups in total. The van der Waals surface area contributed by atoms with Crippen molar-refractivity contribution in [1.29, 1.82) is 0 Å². The van der Waals surface area contributed by atoms with E-state index in [1.807, 2.05) is 10.6 Å². The third kappa shape index (κ3) is 4.52. The number of hydrogen-bond donors (Lipinski definition) is 1. The Morgan fingerprint density at radius 3 is 2.82 bits per heavy atom. The first-order valence-corrected chi connectivity index (χ1v) is 11.8. The van der Waals surface area contributed by atoms with Crippen molar-refractivity contribution in [2.75, 3.05) is 26.3 Å². The van der Waals surface area contributed by atoms with Crippen LogP contribution >= 0.6 is 11.3 Å². The van der Waals surface area contributed by atoms with E-state index in [0.717, 1.165) is 49.6 Å². The number of thiophene rings is 1. The number of nitrogens with two attached hydrogens (primary N) is 1. The van der Waals surface area contributed by atoms with E-state index in [2.05, 4.69) is 14.9 Å². The summed E-state index contributed by atoms with van der Waals surface area (Å²) in [6.07, 6.45) is 2.86. The molecule has 1 aliphatic rings. The Kier molecular flexibility index (Phi) is 6.27. The molecule has 1 unspecified atom stereocenters. The molecule has 1 amide bonds. The summed E-state index contributed by atoms with van der Waals surface area (Å²) < 4.78 is 27.4. The molecule has 3 aromatic heterocycles. The van der Waals surface area contributed by atoms with E-state index in [1.165, 1.54) is 17.4 Å². The third-order valence-electron chi connectivity index (χ3n) is 5.77. The number of aromatic nitrogens is 3. The van der Waals surface area contributed by atoms with Gasteiger partial charge in [-0.25, -0.2) is 9.37 Å². The number of halogens is 1. The third-order valence-corrected chi connectivity index (χ3v) is 6.90. The lowest BCUT2D eigenvalue weighted by atomic mass is 10.1. The predicted octanol–water partition coefficient (Wildman–Crippen LogP) is 3.69. The van der Waals surface area contributed by atoms with Gasteiger partial charge >= 0.3 is 0 Å². The molecular formula is C24H24FN5O3S. The highest BCUT2D eigenvalue weighted by molar-refractivity contribution is 7.16. The zero-order valence-electron chi connectivity index (χ0n) is 18.6. The molecule has 4 aromatic rings. The summed E-state index contributed by atoms with van der Waals surface area (Å²) in [5.74, 6) is -0.671. The first-order chi connectivity index (χ1) is 16.5. The van der Waals surface area contributed by atoms with Gasteiger partial charge in [-0.1, -0.05) is 18.2 Å². The van der Waals surface area contributed by atoms with Gasteiger partial charge in [-0.05, 0) is 19.1 Å². The lowest BCUT2D eigenvalue weighted by Crippen LogP contribution is -2.35. The zero-order valence-corrected chi connectivity index (χ0v) is 19.4. The van der Waals surface area contributed by atoms with Crippen molar-refractivity contribution in [3.8, 4) is 10.8 Å². The SMILES string of the molecule is CC(Oc1cc(-n2cnc3cc(CN4CCOCC4)ncc32)sc1C(N)=O)c1ccccc1F. The van der Waals surface area contributed by atoms with Crippen LogP contribution in [0.4, 0.5) is 4.39 Å². The minimum atomic E-state index is -0.609. The molecule has 0 bridgehead atoms. The van der Waals surface area contributed by atoms with Gasteiger partial charge in [0, 0.05) is 31.3 Å². The first-order valence-electron chi connectivity index (χ1n) is 11.0. The van der Waals surface area contributed by atoms with Crippen LogP contribution in [0.3, 0.4) is 0 Å². The second-order valence-corrected chi connectivity index (χ2v) is 9.12. The van der Waals surface area contributed by atoms with E-state index >= 15 is 0 Å². The van der Waals surface area contributed by atoms with Crippen molar-refractivity contribution in [1.82, 2.24) is 19.4 Å². The van der Waals surface area contributed by atoms with Gasteiger partial charge in [-0.15, -0.1) is 11.3 Å². The van der Waals surface area contributed by atoms with Crippen molar-refractivity contribution in [3.05, 3.63) is 70.9 Å². The molecule has 8 nitrogen and oxygen atoms in total. The van der Waals surface area contributed by atoms with Gasteiger partial charge < -0.3 is 15.2 Å². The maximum absolute atomic E-state index is 14.2. The summed E-state index contributed by atoms with van der Waals surface area (Å²) >= 11 is 1.19. The van der Waals surface area contributed by atoms with Crippen LogP contribution in [0.15, 0.2) is 48.9 Å². The molecule has 1 fully saturated rings. The summed E-state index contributed by atoms with van der Waals surface area (Å²) in [6, 6.07) is 10.1. The summed E-state index contributed by atoms with van der Waals surface area (Å²) in [5, 5.41) is 0.703. The number of nitrogens with zero attached hydrogens (tertiary/aromatic N) is 4. The van der Waals surface area contributed by atoms with E-state index in [0.29, 0.717) is 16.3 Å². The molecule has 1 aliphatic heterocycles. The first kappa shape index (κ1) is 22.5. The highest BCUT2D eigenvalue weighted by Gasteiger charge is 2.21. The minimum Gasteiger partial charge on any atom is -0.484 e. The number of primary amides is 1. The predicted molar refractivity (Wildman–Crippen MR) is 127 cm³/mol. The van der Waals surface area contributed by atoms with Gasteiger partial charge in [-0.2, -0.15) is 0 Å². The normalized spacial score (nSPS) is 15.5. The highest BCUT2D eigenvalue weighted by atomic mass is 32.1. The number of rotatable bonds is 7. The van der Waals surface area contributed by atoms with Gasteiger partial charge in [-0.3, -0.25) is 19.2 Å². The second-order valence-electron chi connectivity index (χ2n) is 8.09. The molecule has 4 heterocycles. The Balaban J connectivity index is 1.42. The fraction of sp³-hybridized carbons (Fsp3) is 0.292. The van der Waals surface area contributed by atoms with Crippen LogP contribution in [0.2, 0.25) is 0 Å². The number of pyridine rings is 1. The van der Waals surface area contributed by atoms with Crippen LogP contribution in [0.25, 0.3) is 16.0 Å². The lowest BCUT2D eigenvalue weighted by Gasteiger charge is -2.26. The Morgan fingerprint density at radius 1 is 1.26 bits per heavy atom. The molecule has 0 radical (unpaired) electrons. The average molecular weight is 482 g/mol. The number of carbonyl (C=O) groups excluding carboxylic acids is 1. The van der Waals surface area contributed by atoms with Crippen molar-refractivity contribution in [2.24, 2.45) is 5.73 Å². The van der Waals surface area contributed by atoms with Crippen molar-refractivity contribution < 1.29 is 18.7 Å². The van der Waals surface area contributed by atoms with Crippen LogP contribution < -0.4 is 10.5 Å². The number of ether oxygens (including phenoxy) is 2. The molecule has 10 heteroatoms. The van der Waals surface area contributed by atoms with E-state index < -0.39 is 12.0 Å². The fourth-order valence-electron chi connectivity index (χ4n) is 4.00. The number of imidazole rings is 1. The molecule has 0 saturated carbocycles. The molecule has 5 rings (SSSR count). The molecule has 0 spiro atoms. The number of amides is 1. The standard InChI is InChI=1S/C24H24FN5O3S/c1-15(17-4-2-3-5-18(17)25)33-21-11-22(34-23(21)24(26)31)30-14-28-19-10-16(27-12-20(19)30)13-29-6-8-32-9-7-29/h2-5,10-12,14-15H,6-9,13H2,1H3,(H2,26,31). The van der Waals surface area contributed by atoms with E-state index in [1.54, 1.807) is 43.7 Å². The van der Waals surface area contributed by atoms with E-state index in [-0.39, 0.29) is 10.7 Å². The van der Waals surface area contributed by atoms with Crippen molar-refractivity contribution in [2.45, 2.75) is 19.6 Å². The van der Waals surface area contributed by atoms with Crippen LogP contribution in [0, 0.1) is 5.82 Å². The lowest BCUT2D eigenvalue weighted by molar-refractivity contribution is 0.0337. The Bertz CT molecular complexity index is 1330. The zero-order chi connectivity index (χ0) is 23.7. The smallest absolute Gasteiger partial charge is 0.262 e. The quantitative estimate of drug-likeness (QED) is 0.433. The van der Waals surface area contributed by atoms with E-state index in [4.69, 9.17) is 15.2 Å². The van der Waals surface area contributed by atoms with Crippen LogP contribution in [-0.2, 0) is 11.3 Å². The number of fused-ring (bicyclic) bond motifs is 1. The topological polar surface area (TPSA) is 95.5 Å². The summed E-state index contributed by atoms with van der Waals surface area (Å²) in [6.45, 7) is 5.70. The largest absolute Gasteiger partial charge is 0.484 e. The Hall–Kier alpha value is -3.34. The van der Waals surface area contributed by atoms with Crippen molar-refractivity contribution >= 4 is 28.3 Å². The van der Waals surface area contributed by atoms with Crippen LogP contribution in [-0.4, -0.2) is 51.6 Å². The molecule has 1 aromatic carbocycles. The fourth-order valence-corrected chi connectivity index (χ4v) is 4.93. The monoisotopic (exact) mass is 481 g/mol. The number of benzene rings is 1. The molecule has 1 saturated heterocycles. The molecule has 1 atom stereocenters. The highest BCUT2D eigenvalue weighted by Crippen LogP contribution is 2.36. The Morgan fingerprint density at radius 2 is 2.06 bits per heavy atom. The van der Waals surface area contributed by atoms with Gasteiger partial charge in [0.05, 0.1) is 36.1 Å². The summed E-state index contributed by atoms with van der Waals surface area (Å²) in [5.41, 5.74) is 8.55. The molecule has 34 heavy (non-hydrogen) atoms. The summed E-state index contributed by atoms with van der Waals surface area (Å²) in [7, 11) is 0. The molecular weight excluding hydrogens is 457 g/mol. The van der Waals surface area contributed by atoms with Crippen LogP contribution in [0.5, 0.6) is 5.75 Å². The maximum Gasteiger partial charge on any atom is 0.262 e. The number of hydrogen-bond acceptors (Lipinski definition) is 7. The number of morpholine rings is 1. The van der Waals surface area contributed by atoms with Gasteiger partial charge in [0.1, 0.15) is 33.9 Å². The molecule has 0 aliphatic carbocycles. The summed E-state index contributed by atoms with van der Waals surface area (Å²) in [4.78, 5) is 23.8. The average Bonchev–Trinajstić information content (AvgIpc) is 3.44. The molecule has 176 valence electrons. The second kappa shape index (κ2) is 9.49. The maximum atomic E-state index is 14.2. The minimum absolute atomic E-state index is 0.261. The van der Waals surface area contributed by atoms with Crippen LogP contribution in [0.1, 0.15) is 34.0 Å². The van der Waals surface area contributed by atoms with Crippen molar-refractivity contribution in [3.63, 3.8) is 0 Å². The van der Waals surface area contributed by atoms with Gasteiger partial charge in [0.15, 0.2) is 0 Å². The van der Waals surface area contributed by atoms with E-state index in [9.17, 15) is 9.18 Å². The Labute approximate surface area is 199 Å². The van der Waals surface area contributed by atoms with Gasteiger partial charge in [0.25, 0.3) is 5.91 Å². The number of carbonyl (C=O) groups is 1.